The van der Waals surface area contributed by atoms with Gasteiger partial charge in [0.05, 0.1) is 0 Å². The Hall–Kier alpha value is -0.990. The summed E-state index contributed by atoms with van der Waals surface area (Å²) in [7, 11) is 0. The number of allylic oxidation sites excluding steroid dienone is 1. The molecule has 0 aliphatic carbocycles. The molecule has 0 unspecified atom stereocenters. The Morgan fingerprint density at radius 3 is 2.37 bits per heavy atom. The molecule has 0 spiro atoms. The fourth-order valence-electron chi connectivity index (χ4n) is 2.78. The highest BCUT2D eigenvalue weighted by molar-refractivity contribution is 5.69. The molecule has 1 aliphatic heterocycles. The van der Waals surface area contributed by atoms with E-state index in [9.17, 15) is 4.79 Å². The van der Waals surface area contributed by atoms with Crippen molar-refractivity contribution in [2.45, 2.75) is 83.9 Å². The van der Waals surface area contributed by atoms with Crippen molar-refractivity contribution in [3.8, 4) is 0 Å². The van der Waals surface area contributed by atoms with E-state index < -0.39 is 5.60 Å². The van der Waals surface area contributed by atoms with Crippen molar-refractivity contribution in [3.63, 3.8) is 0 Å². The summed E-state index contributed by atoms with van der Waals surface area (Å²) >= 11 is 0. The molecule has 0 radical (unpaired) electrons. The van der Waals surface area contributed by atoms with Crippen LogP contribution >= 0.6 is 0 Å². The smallest absolute Gasteiger partial charge is 0.410 e. The molecule has 1 rings (SSSR count). The van der Waals surface area contributed by atoms with E-state index >= 15 is 0 Å². The number of carbonyl (C=O) groups is 1. The Labute approximate surface area is 118 Å². The van der Waals surface area contributed by atoms with Crippen LogP contribution in [0.4, 0.5) is 4.79 Å². The van der Waals surface area contributed by atoms with Crippen molar-refractivity contribution < 1.29 is 9.53 Å². The first-order valence-electron chi connectivity index (χ1n) is 7.51. The Morgan fingerprint density at radius 2 is 1.89 bits per heavy atom. The third kappa shape index (κ3) is 4.88. The maximum absolute atomic E-state index is 12.4. The zero-order valence-electron chi connectivity index (χ0n) is 12.9. The summed E-state index contributed by atoms with van der Waals surface area (Å²) in [5.41, 5.74) is -0.417. The van der Waals surface area contributed by atoms with Crippen molar-refractivity contribution in [1.29, 1.82) is 0 Å². The van der Waals surface area contributed by atoms with Crippen LogP contribution in [-0.4, -0.2) is 28.7 Å². The maximum Gasteiger partial charge on any atom is 0.410 e. The standard InChI is InChI=1S/C16H29NO2/c1-6-8-10-14-12-11-13(9-7-2)17(14)15(18)19-16(3,4)5/h6,13-14H,1,7-12H2,2-5H3/t13-,14+/m0/s1. The molecule has 1 heterocycles. The van der Waals surface area contributed by atoms with E-state index in [0.29, 0.717) is 12.1 Å². The van der Waals surface area contributed by atoms with E-state index in [0.717, 1.165) is 38.5 Å². The summed E-state index contributed by atoms with van der Waals surface area (Å²) in [4.78, 5) is 14.4. The van der Waals surface area contributed by atoms with Crippen LogP contribution in [0.5, 0.6) is 0 Å². The van der Waals surface area contributed by atoms with Gasteiger partial charge in [0.25, 0.3) is 0 Å². The fraction of sp³-hybridized carbons (Fsp3) is 0.812. The average Bonchev–Trinajstić information content (AvgIpc) is 2.67. The Bertz CT molecular complexity index is 306. The highest BCUT2D eigenvalue weighted by atomic mass is 16.6. The van der Waals surface area contributed by atoms with Crippen LogP contribution in [0.3, 0.4) is 0 Å². The quantitative estimate of drug-likeness (QED) is 0.685. The van der Waals surface area contributed by atoms with Crippen LogP contribution in [-0.2, 0) is 4.74 Å². The van der Waals surface area contributed by atoms with Gasteiger partial charge >= 0.3 is 6.09 Å². The molecule has 0 N–H and O–H groups in total. The lowest BCUT2D eigenvalue weighted by Gasteiger charge is -2.32. The summed E-state index contributed by atoms with van der Waals surface area (Å²) in [5.74, 6) is 0. The molecule has 0 aromatic rings. The van der Waals surface area contributed by atoms with Gasteiger partial charge in [-0.05, 0) is 52.9 Å². The van der Waals surface area contributed by atoms with E-state index in [1.807, 2.05) is 31.7 Å². The number of hydrogen-bond donors (Lipinski definition) is 0. The second-order valence-corrected chi connectivity index (χ2v) is 6.43. The first kappa shape index (κ1) is 16.1. The minimum Gasteiger partial charge on any atom is -0.444 e. The van der Waals surface area contributed by atoms with Crippen LogP contribution < -0.4 is 0 Å². The number of likely N-dealkylation sites (tertiary alicyclic amines) is 1. The molecule has 0 bridgehead atoms. The zero-order valence-corrected chi connectivity index (χ0v) is 12.9. The van der Waals surface area contributed by atoms with Crippen molar-refractivity contribution in [1.82, 2.24) is 4.90 Å². The van der Waals surface area contributed by atoms with Crippen molar-refractivity contribution in [2.75, 3.05) is 0 Å². The number of amides is 1. The van der Waals surface area contributed by atoms with Crippen molar-refractivity contribution in [2.24, 2.45) is 0 Å². The summed E-state index contributed by atoms with van der Waals surface area (Å²) in [6, 6.07) is 0.680. The monoisotopic (exact) mass is 267 g/mol. The molecule has 1 saturated heterocycles. The third-order valence-corrected chi connectivity index (χ3v) is 3.55. The van der Waals surface area contributed by atoms with Crippen molar-refractivity contribution >= 4 is 6.09 Å². The highest BCUT2D eigenvalue weighted by Gasteiger charge is 2.38. The maximum atomic E-state index is 12.4. The predicted octanol–water partition coefficient (Wildman–Crippen LogP) is 4.52. The van der Waals surface area contributed by atoms with Gasteiger partial charge in [-0.2, -0.15) is 0 Å². The van der Waals surface area contributed by atoms with Gasteiger partial charge in [0, 0.05) is 12.1 Å². The molecule has 3 heteroatoms. The van der Waals surface area contributed by atoms with E-state index in [1.54, 1.807) is 0 Å². The van der Waals surface area contributed by atoms with Crippen LogP contribution in [0.1, 0.15) is 66.2 Å². The molecule has 1 fully saturated rings. The second-order valence-electron chi connectivity index (χ2n) is 6.43. The largest absolute Gasteiger partial charge is 0.444 e. The van der Waals surface area contributed by atoms with Gasteiger partial charge in [-0.3, -0.25) is 0 Å². The lowest BCUT2D eigenvalue weighted by molar-refractivity contribution is 0.0132. The van der Waals surface area contributed by atoms with Gasteiger partial charge in [0.15, 0.2) is 0 Å². The van der Waals surface area contributed by atoms with Crippen LogP contribution in [0.25, 0.3) is 0 Å². The molecule has 19 heavy (non-hydrogen) atoms. The SMILES string of the molecule is C=CCC[C@@H]1CC[C@H](CCC)N1C(=O)OC(C)(C)C. The minimum atomic E-state index is -0.417. The lowest BCUT2D eigenvalue weighted by atomic mass is 10.1. The Kier molecular flexibility index (Phi) is 5.89. The van der Waals surface area contributed by atoms with E-state index in [-0.39, 0.29) is 6.09 Å². The number of rotatable bonds is 5. The molecule has 2 atom stereocenters. The summed E-state index contributed by atoms with van der Waals surface area (Å²) in [6.07, 6.45) is 8.14. The molecule has 0 aromatic heterocycles. The van der Waals surface area contributed by atoms with Gasteiger partial charge in [-0.25, -0.2) is 4.79 Å². The average molecular weight is 267 g/mol. The van der Waals surface area contributed by atoms with Crippen LogP contribution in [0.15, 0.2) is 12.7 Å². The van der Waals surface area contributed by atoms with E-state index in [1.165, 1.54) is 0 Å². The molecule has 0 aromatic carbocycles. The summed E-state index contributed by atoms with van der Waals surface area (Å²) in [5, 5.41) is 0. The third-order valence-electron chi connectivity index (χ3n) is 3.55. The molecule has 1 amide bonds. The molecule has 0 saturated carbocycles. The van der Waals surface area contributed by atoms with E-state index in [2.05, 4.69) is 13.5 Å². The number of hydrogen-bond acceptors (Lipinski definition) is 2. The summed E-state index contributed by atoms with van der Waals surface area (Å²) < 4.78 is 5.57. The van der Waals surface area contributed by atoms with Gasteiger partial charge in [0.2, 0.25) is 0 Å². The normalized spacial score (nSPS) is 23.5. The predicted molar refractivity (Wildman–Crippen MR) is 79.2 cm³/mol. The number of ether oxygens (including phenoxy) is 1. The lowest BCUT2D eigenvalue weighted by Crippen LogP contribution is -2.44. The van der Waals surface area contributed by atoms with Crippen molar-refractivity contribution in [3.05, 3.63) is 12.7 Å². The molecule has 110 valence electrons. The summed E-state index contributed by atoms with van der Waals surface area (Å²) in [6.45, 7) is 11.7. The van der Waals surface area contributed by atoms with Crippen LogP contribution in [0, 0.1) is 0 Å². The molecular weight excluding hydrogens is 238 g/mol. The molecule has 1 aliphatic rings. The van der Waals surface area contributed by atoms with Gasteiger partial charge < -0.3 is 9.64 Å². The second kappa shape index (κ2) is 6.97. The Balaban J connectivity index is 2.73. The number of carbonyl (C=O) groups excluding carboxylic acids is 1. The fourth-order valence-corrected chi connectivity index (χ4v) is 2.78. The van der Waals surface area contributed by atoms with E-state index in [4.69, 9.17) is 4.74 Å². The van der Waals surface area contributed by atoms with Gasteiger partial charge in [-0.15, -0.1) is 6.58 Å². The topological polar surface area (TPSA) is 29.5 Å². The zero-order chi connectivity index (χ0) is 14.5. The molecule has 3 nitrogen and oxygen atoms in total. The van der Waals surface area contributed by atoms with Crippen LogP contribution in [0.2, 0.25) is 0 Å². The minimum absolute atomic E-state index is 0.141. The molecular formula is C16H29NO2. The number of nitrogens with zero attached hydrogens (tertiary/aromatic N) is 1. The highest BCUT2D eigenvalue weighted by Crippen LogP contribution is 2.31. The van der Waals surface area contributed by atoms with Gasteiger partial charge in [0.1, 0.15) is 5.60 Å². The van der Waals surface area contributed by atoms with Gasteiger partial charge in [-0.1, -0.05) is 19.4 Å². The first-order chi connectivity index (χ1) is 8.89. The first-order valence-corrected chi connectivity index (χ1v) is 7.51. The Morgan fingerprint density at radius 1 is 1.32 bits per heavy atom.